The van der Waals surface area contributed by atoms with Crippen molar-refractivity contribution in [2.24, 2.45) is 0 Å². The lowest BCUT2D eigenvalue weighted by Gasteiger charge is -2.18. The maximum absolute atomic E-state index is 6.04. The molecule has 0 aliphatic carbocycles. The largest absolute Gasteiger partial charge is 0.120 e. The fourth-order valence-corrected chi connectivity index (χ4v) is 4.29. The van der Waals surface area contributed by atoms with Crippen molar-refractivity contribution in [1.29, 1.82) is 0 Å². The van der Waals surface area contributed by atoms with E-state index in [0.717, 1.165) is 10.8 Å². The van der Waals surface area contributed by atoms with Gasteiger partial charge in [-0.05, 0) is 42.0 Å². The van der Waals surface area contributed by atoms with Gasteiger partial charge in [0, 0.05) is 14.5 Å². The van der Waals surface area contributed by atoms with E-state index in [9.17, 15) is 0 Å². The van der Waals surface area contributed by atoms with Crippen molar-refractivity contribution >= 4 is 40.7 Å². The number of thioether (sulfide) groups is 2. The van der Waals surface area contributed by atoms with E-state index < -0.39 is 0 Å². The van der Waals surface area contributed by atoms with E-state index >= 15 is 0 Å². The van der Waals surface area contributed by atoms with Gasteiger partial charge in [-0.2, -0.15) is 0 Å². The lowest BCUT2D eigenvalue weighted by Crippen LogP contribution is -1.98. The highest BCUT2D eigenvalue weighted by Gasteiger charge is 2.13. The summed E-state index contributed by atoms with van der Waals surface area (Å²) < 4.78 is 1.40. The summed E-state index contributed by atoms with van der Waals surface area (Å²) in [6.07, 6.45) is 4.57. The molecular formula is C14H15ClS2. The number of hydrogen-bond acceptors (Lipinski definition) is 2. The average Bonchev–Trinajstić information content (AvgIpc) is 2.28. The lowest BCUT2D eigenvalue weighted by molar-refractivity contribution is 1.25. The SMILES string of the molecule is CCSC1=CC(c2cccc(Cl)c2)=CC(C)S1. The summed E-state index contributed by atoms with van der Waals surface area (Å²) in [4.78, 5) is 0. The summed E-state index contributed by atoms with van der Waals surface area (Å²) >= 11 is 9.88. The molecule has 17 heavy (non-hydrogen) atoms. The quantitative estimate of drug-likeness (QED) is 0.723. The average molecular weight is 283 g/mol. The molecule has 90 valence electrons. The Balaban J connectivity index is 2.31. The van der Waals surface area contributed by atoms with Crippen LogP contribution in [0.25, 0.3) is 5.57 Å². The Morgan fingerprint density at radius 1 is 1.41 bits per heavy atom. The highest BCUT2D eigenvalue weighted by atomic mass is 35.5. The maximum atomic E-state index is 6.04. The molecule has 1 aliphatic rings. The Hall–Kier alpha value is -0.310. The molecule has 1 aromatic rings. The third-order valence-electron chi connectivity index (χ3n) is 2.43. The van der Waals surface area contributed by atoms with Gasteiger partial charge in [0.15, 0.2) is 0 Å². The number of hydrogen-bond donors (Lipinski definition) is 0. The minimum Gasteiger partial charge on any atom is -0.120 e. The number of rotatable bonds is 3. The molecule has 0 amide bonds. The highest BCUT2D eigenvalue weighted by Crippen LogP contribution is 2.39. The predicted molar refractivity (Wildman–Crippen MR) is 82.7 cm³/mol. The van der Waals surface area contributed by atoms with Crippen molar-refractivity contribution in [3.8, 4) is 0 Å². The van der Waals surface area contributed by atoms with E-state index in [0.29, 0.717) is 5.25 Å². The van der Waals surface area contributed by atoms with Crippen LogP contribution in [0.4, 0.5) is 0 Å². The Kier molecular flexibility index (Phi) is 4.66. The Morgan fingerprint density at radius 2 is 2.24 bits per heavy atom. The zero-order valence-corrected chi connectivity index (χ0v) is 12.3. The topological polar surface area (TPSA) is 0 Å². The van der Waals surface area contributed by atoms with Crippen LogP contribution in [0, 0.1) is 0 Å². The second-order valence-corrected chi connectivity index (χ2v) is 7.27. The van der Waals surface area contributed by atoms with Crippen molar-refractivity contribution in [1.82, 2.24) is 0 Å². The zero-order chi connectivity index (χ0) is 12.3. The number of halogens is 1. The van der Waals surface area contributed by atoms with Gasteiger partial charge >= 0.3 is 0 Å². The molecule has 1 aromatic carbocycles. The summed E-state index contributed by atoms with van der Waals surface area (Å²) in [5, 5.41) is 1.33. The van der Waals surface area contributed by atoms with Crippen molar-refractivity contribution in [2.75, 3.05) is 5.75 Å². The molecule has 2 rings (SSSR count). The third kappa shape index (κ3) is 3.57. The summed E-state index contributed by atoms with van der Waals surface area (Å²) in [5.74, 6) is 1.12. The second-order valence-electron chi connectivity index (χ2n) is 3.85. The number of allylic oxidation sites excluding steroid dienone is 2. The van der Waals surface area contributed by atoms with Gasteiger partial charge in [0.25, 0.3) is 0 Å². The summed E-state index contributed by atoms with van der Waals surface area (Å²) in [6.45, 7) is 4.42. The van der Waals surface area contributed by atoms with Crippen LogP contribution in [-0.2, 0) is 0 Å². The standard InChI is InChI=1S/C14H15ClS2/c1-3-16-14-9-12(7-10(2)17-14)11-5-4-6-13(15)8-11/h4-10H,3H2,1-2H3. The Labute approximate surface area is 117 Å². The molecule has 0 bridgehead atoms. The molecule has 0 aromatic heterocycles. The molecule has 0 N–H and O–H groups in total. The predicted octanol–water partition coefficient (Wildman–Crippen LogP) is 5.45. The Morgan fingerprint density at radius 3 is 2.94 bits per heavy atom. The highest BCUT2D eigenvalue weighted by molar-refractivity contribution is 8.22. The van der Waals surface area contributed by atoms with Crippen molar-refractivity contribution in [2.45, 2.75) is 19.1 Å². The molecule has 0 radical (unpaired) electrons. The van der Waals surface area contributed by atoms with Crippen LogP contribution in [0.15, 0.2) is 40.7 Å². The summed E-state index contributed by atoms with van der Waals surface area (Å²) in [7, 11) is 0. The first-order chi connectivity index (χ1) is 8.19. The van der Waals surface area contributed by atoms with Gasteiger partial charge in [0.05, 0.1) is 0 Å². The van der Waals surface area contributed by atoms with E-state index in [2.05, 4.69) is 32.1 Å². The normalized spacial score (nSPS) is 19.8. The Bertz CT molecular complexity index is 463. The second kappa shape index (κ2) is 6.03. The molecule has 3 heteroatoms. The van der Waals surface area contributed by atoms with Crippen molar-refractivity contribution in [3.05, 3.63) is 51.2 Å². The van der Waals surface area contributed by atoms with Gasteiger partial charge in [-0.25, -0.2) is 0 Å². The van der Waals surface area contributed by atoms with E-state index in [-0.39, 0.29) is 0 Å². The minimum absolute atomic E-state index is 0.531. The minimum atomic E-state index is 0.531. The van der Waals surface area contributed by atoms with Crippen molar-refractivity contribution in [3.63, 3.8) is 0 Å². The van der Waals surface area contributed by atoms with E-state index in [1.807, 2.05) is 41.7 Å². The molecular weight excluding hydrogens is 268 g/mol. The molecule has 1 atom stereocenters. The van der Waals surface area contributed by atoms with Gasteiger partial charge in [0.1, 0.15) is 0 Å². The first-order valence-corrected chi connectivity index (χ1v) is 7.92. The van der Waals surface area contributed by atoms with Gasteiger partial charge < -0.3 is 0 Å². The van der Waals surface area contributed by atoms with Crippen LogP contribution < -0.4 is 0 Å². The van der Waals surface area contributed by atoms with E-state index in [1.54, 1.807) is 0 Å². The smallest absolute Gasteiger partial charge is 0.0412 e. The fraction of sp³-hybridized carbons (Fsp3) is 0.286. The van der Waals surface area contributed by atoms with Crippen LogP contribution in [0.3, 0.4) is 0 Å². The van der Waals surface area contributed by atoms with Gasteiger partial charge in [-0.1, -0.05) is 36.7 Å². The molecule has 0 saturated carbocycles. The molecule has 0 saturated heterocycles. The van der Waals surface area contributed by atoms with Gasteiger partial charge in [-0.15, -0.1) is 23.5 Å². The zero-order valence-electron chi connectivity index (χ0n) is 9.94. The van der Waals surface area contributed by atoms with Gasteiger partial charge in [-0.3, -0.25) is 0 Å². The van der Waals surface area contributed by atoms with E-state index in [1.165, 1.54) is 15.4 Å². The van der Waals surface area contributed by atoms with Crippen molar-refractivity contribution < 1.29 is 0 Å². The third-order valence-corrected chi connectivity index (χ3v) is 4.86. The van der Waals surface area contributed by atoms with Crippen LogP contribution in [0.5, 0.6) is 0 Å². The first-order valence-electron chi connectivity index (χ1n) is 5.68. The molecule has 0 nitrogen and oxygen atoms in total. The maximum Gasteiger partial charge on any atom is 0.0412 e. The molecule has 0 fully saturated rings. The molecule has 0 spiro atoms. The van der Waals surface area contributed by atoms with Crippen LogP contribution in [-0.4, -0.2) is 11.0 Å². The summed E-state index contributed by atoms with van der Waals surface area (Å²) in [6, 6.07) is 8.06. The monoisotopic (exact) mass is 282 g/mol. The van der Waals surface area contributed by atoms with Gasteiger partial charge in [0.2, 0.25) is 0 Å². The molecule has 1 heterocycles. The van der Waals surface area contributed by atoms with Crippen LogP contribution in [0.1, 0.15) is 19.4 Å². The number of benzene rings is 1. The molecule has 1 aliphatic heterocycles. The van der Waals surface area contributed by atoms with E-state index in [4.69, 9.17) is 11.6 Å². The first kappa shape index (κ1) is 13.1. The van der Waals surface area contributed by atoms with Crippen LogP contribution in [0.2, 0.25) is 5.02 Å². The summed E-state index contributed by atoms with van der Waals surface area (Å²) in [5.41, 5.74) is 2.49. The molecule has 1 unspecified atom stereocenters. The lowest BCUT2D eigenvalue weighted by atomic mass is 10.0. The van der Waals surface area contributed by atoms with Crippen LogP contribution >= 0.6 is 35.1 Å². The fourth-order valence-electron chi connectivity index (χ4n) is 1.74.